The molecule has 1 fully saturated rings. The predicted octanol–water partition coefficient (Wildman–Crippen LogP) is 1.94. The summed E-state index contributed by atoms with van der Waals surface area (Å²) >= 11 is 0. The van der Waals surface area contributed by atoms with Crippen molar-refractivity contribution in [1.82, 2.24) is 10.6 Å². The summed E-state index contributed by atoms with van der Waals surface area (Å²) in [5.74, 6) is -0.272. The molecule has 2 N–H and O–H groups in total. The van der Waals surface area contributed by atoms with Gasteiger partial charge in [0.15, 0.2) is 0 Å². The Kier molecular flexibility index (Phi) is 6.16. The van der Waals surface area contributed by atoms with Crippen LogP contribution in [0.4, 0.5) is 4.39 Å². The van der Waals surface area contributed by atoms with Crippen molar-refractivity contribution in [3.05, 3.63) is 47.8 Å². The van der Waals surface area contributed by atoms with Gasteiger partial charge in [-0.25, -0.2) is 4.39 Å². The Morgan fingerprint density at radius 2 is 2.17 bits per heavy atom. The molecule has 4 nitrogen and oxygen atoms in total. The maximum absolute atomic E-state index is 13.6. The van der Waals surface area contributed by atoms with E-state index in [1.807, 2.05) is 18.2 Å². The summed E-state index contributed by atoms with van der Waals surface area (Å²) in [6.45, 7) is 2.49. The van der Waals surface area contributed by atoms with Gasteiger partial charge in [0, 0.05) is 31.7 Å². The Balaban J connectivity index is 0.00000192. The first-order valence-corrected chi connectivity index (χ1v) is 7.71. The van der Waals surface area contributed by atoms with Gasteiger partial charge in [-0.1, -0.05) is 24.3 Å². The lowest BCUT2D eigenvalue weighted by atomic mass is 9.74. The first kappa shape index (κ1) is 17.9. The summed E-state index contributed by atoms with van der Waals surface area (Å²) in [5.41, 5.74) is 0.684. The average molecular weight is 341 g/mol. The van der Waals surface area contributed by atoms with Crippen molar-refractivity contribution in [2.24, 2.45) is 0 Å². The number of rotatable bonds is 4. The van der Waals surface area contributed by atoms with E-state index < -0.39 is 0 Å². The minimum absolute atomic E-state index is 0. The number of benzene rings is 1. The van der Waals surface area contributed by atoms with Crippen LogP contribution in [0.2, 0.25) is 0 Å². The van der Waals surface area contributed by atoms with Crippen LogP contribution in [-0.2, 0) is 14.9 Å². The maximum Gasteiger partial charge on any atom is 0.241 e. The number of carbonyl (C=O) groups excluding carboxylic acids is 1. The SMILES string of the molecule is Cl.O=C(NCC1(c2cccc(F)c2)CCOCC1)C1C=CCN1. The minimum atomic E-state index is -0.260. The zero-order valence-corrected chi connectivity index (χ0v) is 13.7. The molecule has 1 atom stereocenters. The van der Waals surface area contributed by atoms with Crippen molar-refractivity contribution < 1.29 is 13.9 Å². The zero-order chi connectivity index (χ0) is 15.4. The summed E-state index contributed by atoms with van der Waals surface area (Å²) in [4.78, 5) is 12.2. The molecule has 1 aromatic carbocycles. The number of amides is 1. The fourth-order valence-corrected chi connectivity index (χ4v) is 3.16. The molecule has 0 spiro atoms. The second-order valence-electron chi connectivity index (χ2n) is 5.93. The Bertz CT molecular complexity index is 573. The van der Waals surface area contributed by atoms with Gasteiger partial charge in [0.2, 0.25) is 5.91 Å². The largest absolute Gasteiger partial charge is 0.381 e. The van der Waals surface area contributed by atoms with Crippen LogP contribution >= 0.6 is 12.4 Å². The maximum atomic E-state index is 13.6. The van der Waals surface area contributed by atoms with Gasteiger partial charge < -0.3 is 10.1 Å². The second kappa shape index (κ2) is 7.90. The molecule has 126 valence electrons. The number of hydrogen-bond acceptors (Lipinski definition) is 3. The lowest BCUT2D eigenvalue weighted by molar-refractivity contribution is -0.122. The average Bonchev–Trinajstić information content (AvgIpc) is 3.08. The number of halogens is 2. The number of ether oxygens (including phenoxy) is 1. The summed E-state index contributed by atoms with van der Waals surface area (Å²) in [7, 11) is 0. The molecule has 2 aliphatic rings. The van der Waals surface area contributed by atoms with E-state index in [0.29, 0.717) is 19.8 Å². The molecule has 1 amide bonds. The van der Waals surface area contributed by atoms with E-state index in [9.17, 15) is 9.18 Å². The molecule has 0 bridgehead atoms. The van der Waals surface area contributed by atoms with Crippen LogP contribution in [0.3, 0.4) is 0 Å². The topological polar surface area (TPSA) is 50.4 Å². The molecular weight excluding hydrogens is 319 g/mol. The Morgan fingerprint density at radius 3 is 2.83 bits per heavy atom. The van der Waals surface area contributed by atoms with Crippen molar-refractivity contribution in [3.63, 3.8) is 0 Å². The molecule has 23 heavy (non-hydrogen) atoms. The predicted molar refractivity (Wildman–Crippen MR) is 89.3 cm³/mol. The minimum Gasteiger partial charge on any atom is -0.381 e. The molecule has 6 heteroatoms. The fraction of sp³-hybridized carbons (Fsp3) is 0.471. The normalized spacial score (nSPS) is 22.4. The summed E-state index contributed by atoms with van der Waals surface area (Å²) in [6.07, 6.45) is 5.38. The molecule has 0 aromatic heterocycles. The van der Waals surface area contributed by atoms with E-state index in [4.69, 9.17) is 4.74 Å². The van der Waals surface area contributed by atoms with Gasteiger partial charge in [-0.3, -0.25) is 10.1 Å². The van der Waals surface area contributed by atoms with E-state index in [-0.39, 0.29) is 35.6 Å². The highest BCUT2D eigenvalue weighted by molar-refractivity contribution is 5.85. The lowest BCUT2D eigenvalue weighted by Crippen LogP contribution is -2.48. The number of nitrogens with one attached hydrogen (secondary N) is 2. The van der Waals surface area contributed by atoms with Gasteiger partial charge in [0.1, 0.15) is 11.9 Å². The van der Waals surface area contributed by atoms with Gasteiger partial charge in [0.05, 0.1) is 0 Å². The van der Waals surface area contributed by atoms with Gasteiger partial charge in [-0.2, -0.15) is 0 Å². The summed E-state index contributed by atoms with van der Waals surface area (Å²) in [6, 6.07) is 6.43. The van der Waals surface area contributed by atoms with Crippen molar-refractivity contribution >= 4 is 18.3 Å². The molecule has 1 saturated heterocycles. The monoisotopic (exact) mass is 340 g/mol. The molecule has 2 heterocycles. The van der Waals surface area contributed by atoms with E-state index in [2.05, 4.69) is 10.6 Å². The highest BCUT2D eigenvalue weighted by Gasteiger charge is 2.35. The quantitative estimate of drug-likeness (QED) is 0.824. The third kappa shape index (κ3) is 4.10. The van der Waals surface area contributed by atoms with Crippen molar-refractivity contribution in [1.29, 1.82) is 0 Å². The Hall–Kier alpha value is -1.43. The third-order valence-electron chi connectivity index (χ3n) is 4.55. The molecule has 1 aromatic rings. The third-order valence-corrected chi connectivity index (χ3v) is 4.55. The number of carbonyl (C=O) groups is 1. The van der Waals surface area contributed by atoms with Gasteiger partial charge in [0.25, 0.3) is 0 Å². The fourth-order valence-electron chi connectivity index (χ4n) is 3.16. The standard InChI is InChI=1S/C17H21FN2O2.ClH/c18-14-4-1-3-13(11-14)17(6-9-22-10-7-17)12-20-16(21)15-5-2-8-19-15;/h1-5,11,15,19H,6-10,12H2,(H,20,21);1H. The summed E-state index contributed by atoms with van der Waals surface area (Å²) < 4.78 is 19.1. The zero-order valence-electron chi connectivity index (χ0n) is 12.9. The van der Waals surface area contributed by atoms with E-state index in [1.54, 1.807) is 12.1 Å². The smallest absolute Gasteiger partial charge is 0.241 e. The number of hydrogen-bond donors (Lipinski definition) is 2. The molecule has 0 radical (unpaired) electrons. The highest BCUT2D eigenvalue weighted by Crippen LogP contribution is 2.34. The summed E-state index contributed by atoms with van der Waals surface area (Å²) in [5, 5.41) is 6.12. The van der Waals surface area contributed by atoms with E-state index in [1.165, 1.54) is 6.07 Å². The van der Waals surface area contributed by atoms with E-state index >= 15 is 0 Å². The van der Waals surface area contributed by atoms with Crippen LogP contribution in [0.1, 0.15) is 18.4 Å². The Labute approximate surface area is 141 Å². The van der Waals surface area contributed by atoms with Crippen molar-refractivity contribution in [2.45, 2.75) is 24.3 Å². The molecule has 0 saturated carbocycles. The first-order valence-electron chi connectivity index (χ1n) is 7.71. The van der Waals surface area contributed by atoms with E-state index in [0.717, 1.165) is 24.9 Å². The van der Waals surface area contributed by atoms with Crippen LogP contribution in [0.15, 0.2) is 36.4 Å². The molecule has 1 unspecified atom stereocenters. The van der Waals surface area contributed by atoms with Crippen molar-refractivity contribution in [2.75, 3.05) is 26.3 Å². The van der Waals surface area contributed by atoms with Crippen LogP contribution < -0.4 is 10.6 Å². The van der Waals surface area contributed by atoms with Crippen LogP contribution in [0.25, 0.3) is 0 Å². The first-order chi connectivity index (χ1) is 10.7. The van der Waals surface area contributed by atoms with Gasteiger partial charge in [-0.05, 0) is 30.5 Å². The van der Waals surface area contributed by atoms with Gasteiger partial charge in [-0.15, -0.1) is 12.4 Å². The molecule has 2 aliphatic heterocycles. The van der Waals surface area contributed by atoms with Crippen LogP contribution in [0, 0.1) is 5.82 Å². The molecule has 0 aliphatic carbocycles. The molecule has 3 rings (SSSR count). The van der Waals surface area contributed by atoms with Crippen molar-refractivity contribution in [3.8, 4) is 0 Å². The van der Waals surface area contributed by atoms with Crippen LogP contribution in [0.5, 0.6) is 0 Å². The van der Waals surface area contributed by atoms with Crippen LogP contribution in [-0.4, -0.2) is 38.3 Å². The molecular formula is C17H22ClFN2O2. The lowest BCUT2D eigenvalue weighted by Gasteiger charge is -2.38. The van der Waals surface area contributed by atoms with Gasteiger partial charge >= 0.3 is 0 Å². The Morgan fingerprint density at radius 1 is 1.39 bits per heavy atom. The second-order valence-corrected chi connectivity index (χ2v) is 5.93. The highest BCUT2D eigenvalue weighted by atomic mass is 35.5.